The summed E-state index contributed by atoms with van der Waals surface area (Å²) in [5.41, 5.74) is 0.988. The summed E-state index contributed by atoms with van der Waals surface area (Å²) in [4.78, 5) is 0. The molecule has 0 spiro atoms. The van der Waals surface area contributed by atoms with Crippen molar-refractivity contribution in [3.63, 3.8) is 0 Å². The number of nitrogens with zero attached hydrogens (tertiary/aromatic N) is 2. The van der Waals surface area contributed by atoms with Gasteiger partial charge in [0.1, 0.15) is 5.69 Å². The predicted octanol–water partition coefficient (Wildman–Crippen LogP) is 2.91. The van der Waals surface area contributed by atoms with Gasteiger partial charge in [-0.3, -0.25) is 4.68 Å². The first-order valence-corrected chi connectivity index (χ1v) is 8.19. The number of ether oxygens (including phenoxy) is 2. The first kappa shape index (κ1) is 16.3. The molecule has 1 aliphatic carbocycles. The van der Waals surface area contributed by atoms with Crippen molar-refractivity contribution in [1.82, 2.24) is 15.1 Å². The highest BCUT2D eigenvalue weighted by Crippen LogP contribution is 2.45. The summed E-state index contributed by atoms with van der Waals surface area (Å²) in [6.45, 7) is 8.81. The molecule has 120 valence electrons. The molecular formula is C16H29N3O2. The van der Waals surface area contributed by atoms with Crippen LogP contribution in [0.15, 0.2) is 6.20 Å². The van der Waals surface area contributed by atoms with Gasteiger partial charge in [0.15, 0.2) is 5.75 Å². The summed E-state index contributed by atoms with van der Waals surface area (Å²) >= 11 is 0. The molecule has 1 unspecified atom stereocenters. The number of hydrogen-bond donors (Lipinski definition) is 1. The summed E-state index contributed by atoms with van der Waals surface area (Å²) in [5, 5.41) is 8.10. The smallest absolute Gasteiger partial charge is 0.161 e. The molecule has 1 atom stereocenters. The van der Waals surface area contributed by atoms with Crippen molar-refractivity contribution < 1.29 is 9.47 Å². The van der Waals surface area contributed by atoms with Gasteiger partial charge in [0.05, 0.1) is 24.9 Å². The lowest BCUT2D eigenvalue weighted by atomic mass is 9.88. The summed E-state index contributed by atoms with van der Waals surface area (Å²) < 4.78 is 13.9. The summed E-state index contributed by atoms with van der Waals surface area (Å²) in [7, 11) is 1.71. The first-order chi connectivity index (χ1) is 10.2. The lowest BCUT2D eigenvalue weighted by Crippen LogP contribution is -2.45. The number of rotatable bonds is 8. The number of methoxy groups -OCH3 is 1. The van der Waals surface area contributed by atoms with Gasteiger partial charge in [0.2, 0.25) is 0 Å². The molecule has 0 radical (unpaired) electrons. The van der Waals surface area contributed by atoms with E-state index in [2.05, 4.69) is 31.2 Å². The van der Waals surface area contributed by atoms with E-state index in [-0.39, 0.29) is 11.6 Å². The lowest BCUT2D eigenvalue weighted by molar-refractivity contribution is -0.0646. The van der Waals surface area contributed by atoms with Crippen molar-refractivity contribution >= 4 is 0 Å². The minimum Gasteiger partial charge on any atom is -0.493 e. The summed E-state index contributed by atoms with van der Waals surface area (Å²) in [5.74, 6) is 0.855. The second-order valence-electron chi connectivity index (χ2n) is 5.61. The molecule has 1 saturated carbocycles. The molecule has 0 saturated heterocycles. The average Bonchev–Trinajstić information content (AvgIpc) is 3.12. The fourth-order valence-electron chi connectivity index (χ4n) is 3.59. The van der Waals surface area contributed by atoms with Crippen LogP contribution >= 0.6 is 0 Å². The maximum Gasteiger partial charge on any atom is 0.161 e. The number of nitrogens with one attached hydrogen (secondary N) is 1. The largest absolute Gasteiger partial charge is 0.493 e. The van der Waals surface area contributed by atoms with E-state index >= 15 is 0 Å². The predicted molar refractivity (Wildman–Crippen MR) is 83.7 cm³/mol. The Bertz CT molecular complexity index is 417. The molecular weight excluding hydrogens is 266 g/mol. The van der Waals surface area contributed by atoms with E-state index in [1.54, 1.807) is 7.11 Å². The van der Waals surface area contributed by atoms with E-state index in [0.717, 1.165) is 44.0 Å². The highest BCUT2D eigenvalue weighted by molar-refractivity contribution is 5.31. The Kier molecular flexibility index (Phi) is 5.65. The average molecular weight is 295 g/mol. The van der Waals surface area contributed by atoms with Crippen LogP contribution in [-0.2, 0) is 11.3 Å². The number of likely N-dealkylation sites (N-methyl/N-ethyl adjacent to an activating group) is 1. The second kappa shape index (κ2) is 7.27. The molecule has 1 N–H and O–H groups in total. The summed E-state index contributed by atoms with van der Waals surface area (Å²) in [6.07, 6.45) is 6.46. The monoisotopic (exact) mass is 295 g/mol. The van der Waals surface area contributed by atoms with Gasteiger partial charge < -0.3 is 14.8 Å². The van der Waals surface area contributed by atoms with E-state index in [0.29, 0.717) is 0 Å². The van der Waals surface area contributed by atoms with Gasteiger partial charge in [-0.25, -0.2) is 0 Å². The fourth-order valence-corrected chi connectivity index (χ4v) is 3.59. The Morgan fingerprint density at radius 1 is 1.33 bits per heavy atom. The van der Waals surface area contributed by atoms with Crippen molar-refractivity contribution in [2.75, 3.05) is 20.3 Å². The molecule has 1 aliphatic rings. The Labute approximate surface area is 128 Å². The van der Waals surface area contributed by atoms with Crippen LogP contribution in [0.3, 0.4) is 0 Å². The molecule has 5 heteroatoms. The second-order valence-corrected chi connectivity index (χ2v) is 5.61. The van der Waals surface area contributed by atoms with Crippen molar-refractivity contribution in [1.29, 1.82) is 0 Å². The van der Waals surface area contributed by atoms with Crippen molar-refractivity contribution in [2.45, 2.75) is 64.6 Å². The topological polar surface area (TPSA) is 48.3 Å². The quantitative estimate of drug-likeness (QED) is 0.801. The van der Waals surface area contributed by atoms with Gasteiger partial charge in [0.25, 0.3) is 0 Å². The Morgan fingerprint density at radius 3 is 2.57 bits per heavy atom. The minimum atomic E-state index is -0.134. The normalized spacial score (nSPS) is 18.9. The van der Waals surface area contributed by atoms with E-state index < -0.39 is 0 Å². The van der Waals surface area contributed by atoms with Crippen LogP contribution in [-0.4, -0.2) is 35.6 Å². The van der Waals surface area contributed by atoms with Gasteiger partial charge in [-0.2, -0.15) is 5.10 Å². The SMILES string of the molecule is CCNC(c1c(OC)cnn1CC)C1(OCC)CCCC1. The van der Waals surface area contributed by atoms with Crippen LogP contribution in [0.5, 0.6) is 5.75 Å². The number of hydrogen-bond acceptors (Lipinski definition) is 4. The molecule has 5 nitrogen and oxygen atoms in total. The van der Waals surface area contributed by atoms with Gasteiger partial charge in [-0.05, 0) is 33.2 Å². The standard InChI is InChI=1S/C16H29N3O2/c1-5-17-15(16(21-7-3)10-8-9-11-16)14-13(20-4)12-18-19(14)6-2/h12,15,17H,5-11H2,1-4H3. The van der Waals surface area contributed by atoms with Crippen LogP contribution < -0.4 is 10.1 Å². The molecule has 1 aromatic rings. The van der Waals surface area contributed by atoms with E-state index in [9.17, 15) is 0 Å². The van der Waals surface area contributed by atoms with E-state index in [4.69, 9.17) is 9.47 Å². The van der Waals surface area contributed by atoms with Gasteiger partial charge in [-0.15, -0.1) is 0 Å². The molecule has 1 aromatic heterocycles. The zero-order valence-electron chi connectivity index (χ0n) is 13.8. The Hall–Kier alpha value is -1.07. The van der Waals surface area contributed by atoms with Crippen LogP contribution in [0.2, 0.25) is 0 Å². The van der Waals surface area contributed by atoms with Crippen molar-refractivity contribution in [3.05, 3.63) is 11.9 Å². The zero-order valence-corrected chi connectivity index (χ0v) is 13.8. The molecule has 0 bridgehead atoms. The van der Waals surface area contributed by atoms with Gasteiger partial charge in [-0.1, -0.05) is 19.8 Å². The molecule has 0 aromatic carbocycles. The first-order valence-electron chi connectivity index (χ1n) is 8.19. The minimum absolute atomic E-state index is 0.127. The number of aromatic nitrogens is 2. The van der Waals surface area contributed by atoms with Crippen LogP contribution in [0.1, 0.15) is 58.2 Å². The highest BCUT2D eigenvalue weighted by Gasteiger charge is 2.45. The van der Waals surface area contributed by atoms with Crippen LogP contribution in [0.25, 0.3) is 0 Å². The Morgan fingerprint density at radius 2 is 2.05 bits per heavy atom. The van der Waals surface area contributed by atoms with Gasteiger partial charge in [0, 0.05) is 13.2 Å². The molecule has 1 heterocycles. The van der Waals surface area contributed by atoms with Crippen molar-refractivity contribution in [3.8, 4) is 5.75 Å². The molecule has 1 fully saturated rings. The van der Waals surface area contributed by atoms with E-state index in [1.165, 1.54) is 12.8 Å². The third-order valence-electron chi connectivity index (χ3n) is 4.45. The third-order valence-corrected chi connectivity index (χ3v) is 4.45. The summed E-state index contributed by atoms with van der Waals surface area (Å²) in [6, 6.07) is 0.127. The molecule has 21 heavy (non-hydrogen) atoms. The Balaban J connectivity index is 2.44. The number of aryl methyl sites for hydroxylation is 1. The van der Waals surface area contributed by atoms with Crippen LogP contribution in [0, 0.1) is 0 Å². The third kappa shape index (κ3) is 3.09. The zero-order chi connectivity index (χ0) is 15.3. The maximum absolute atomic E-state index is 6.27. The van der Waals surface area contributed by atoms with Crippen LogP contribution in [0.4, 0.5) is 0 Å². The van der Waals surface area contributed by atoms with Crippen molar-refractivity contribution in [2.24, 2.45) is 0 Å². The highest BCUT2D eigenvalue weighted by atomic mass is 16.5. The molecule has 0 aliphatic heterocycles. The maximum atomic E-state index is 6.27. The molecule has 0 amide bonds. The fraction of sp³-hybridized carbons (Fsp3) is 0.812. The van der Waals surface area contributed by atoms with E-state index in [1.807, 2.05) is 10.9 Å². The molecule has 2 rings (SSSR count). The lowest BCUT2D eigenvalue weighted by Gasteiger charge is -2.38. The van der Waals surface area contributed by atoms with Gasteiger partial charge >= 0.3 is 0 Å².